The number of imidazole rings is 1. The maximum absolute atomic E-state index is 15.1. The molecule has 0 aliphatic rings. The summed E-state index contributed by atoms with van der Waals surface area (Å²) in [5, 5.41) is 6.74. The van der Waals surface area contributed by atoms with Crippen molar-refractivity contribution in [2.24, 2.45) is 7.05 Å². The molecule has 40 heavy (non-hydrogen) atoms. The van der Waals surface area contributed by atoms with E-state index < -0.39 is 34.6 Å². The number of nitrogens with zero attached hydrogens (tertiary/aromatic N) is 5. The maximum Gasteiger partial charge on any atom is 0.417 e. The number of carbonyl (C=O) groups is 1. The number of amides is 1. The van der Waals surface area contributed by atoms with Crippen molar-refractivity contribution >= 4 is 17.4 Å². The van der Waals surface area contributed by atoms with Crippen molar-refractivity contribution in [1.29, 1.82) is 0 Å². The molecular formula is C29H26F4N6O. The second-order valence-electron chi connectivity index (χ2n) is 9.71. The molecule has 0 spiro atoms. The number of carbonyl (C=O) groups excluding carboxylic acids is 1. The standard InChI is InChI=1S/C29H26F4N6O/c1-17(37(2)3)19-10-13-39-25(14-19)34-26(18-8-6-5-7-9-18)27(39)35-28(40)21-15-20(24-11-12-38(4)36-24)22(16-23(21)30)29(31,32)33/h5-17H,1-4H3,(H,35,40). The van der Waals surface area contributed by atoms with Crippen LogP contribution in [0.4, 0.5) is 23.4 Å². The van der Waals surface area contributed by atoms with Gasteiger partial charge in [0.2, 0.25) is 0 Å². The van der Waals surface area contributed by atoms with Crippen LogP contribution in [0.25, 0.3) is 28.2 Å². The monoisotopic (exact) mass is 550 g/mol. The predicted octanol–water partition coefficient (Wildman–Crippen LogP) is 6.43. The number of rotatable bonds is 6. The summed E-state index contributed by atoms with van der Waals surface area (Å²) in [4.78, 5) is 20.3. The van der Waals surface area contributed by atoms with Crippen molar-refractivity contribution in [3.05, 3.63) is 95.6 Å². The first-order valence-corrected chi connectivity index (χ1v) is 12.4. The largest absolute Gasteiger partial charge is 0.417 e. The minimum Gasteiger partial charge on any atom is -0.306 e. The lowest BCUT2D eigenvalue weighted by Gasteiger charge is -2.20. The zero-order chi connectivity index (χ0) is 28.8. The molecule has 3 heterocycles. The minimum absolute atomic E-state index is 0.0359. The van der Waals surface area contributed by atoms with E-state index in [1.165, 1.54) is 16.9 Å². The van der Waals surface area contributed by atoms with Gasteiger partial charge in [0.05, 0.1) is 16.8 Å². The van der Waals surface area contributed by atoms with E-state index in [0.717, 1.165) is 11.6 Å². The van der Waals surface area contributed by atoms with Crippen molar-refractivity contribution in [1.82, 2.24) is 24.1 Å². The van der Waals surface area contributed by atoms with Crippen molar-refractivity contribution in [2.45, 2.75) is 19.1 Å². The van der Waals surface area contributed by atoms with Gasteiger partial charge in [0.25, 0.3) is 5.91 Å². The number of nitrogens with one attached hydrogen (secondary N) is 1. The molecular weight excluding hydrogens is 524 g/mol. The first kappa shape index (κ1) is 27.1. The first-order valence-electron chi connectivity index (χ1n) is 12.4. The number of pyridine rings is 1. The van der Waals surface area contributed by atoms with Gasteiger partial charge in [-0.3, -0.25) is 13.9 Å². The number of benzene rings is 2. The van der Waals surface area contributed by atoms with Gasteiger partial charge in [-0.15, -0.1) is 0 Å². The first-order chi connectivity index (χ1) is 18.9. The van der Waals surface area contributed by atoms with E-state index in [2.05, 4.69) is 10.4 Å². The third-order valence-corrected chi connectivity index (χ3v) is 6.83. The highest BCUT2D eigenvalue weighted by Gasteiger charge is 2.36. The van der Waals surface area contributed by atoms with E-state index in [9.17, 15) is 18.0 Å². The predicted molar refractivity (Wildman–Crippen MR) is 144 cm³/mol. The molecule has 0 bridgehead atoms. The zero-order valence-corrected chi connectivity index (χ0v) is 22.2. The van der Waals surface area contributed by atoms with E-state index in [1.54, 1.807) is 17.6 Å². The highest BCUT2D eigenvalue weighted by molar-refractivity contribution is 6.06. The number of anilines is 1. The lowest BCUT2D eigenvalue weighted by molar-refractivity contribution is -0.137. The van der Waals surface area contributed by atoms with Crippen LogP contribution in [0.2, 0.25) is 0 Å². The highest BCUT2D eigenvalue weighted by Crippen LogP contribution is 2.38. The molecule has 1 amide bonds. The molecule has 2 aromatic carbocycles. The van der Waals surface area contributed by atoms with Gasteiger partial charge >= 0.3 is 6.18 Å². The van der Waals surface area contributed by atoms with Crippen molar-refractivity contribution in [2.75, 3.05) is 19.4 Å². The lowest BCUT2D eigenvalue weighted by atomic mass is 9.99. The van der Waals surface area contributed by atoms with E-state index in [-0.39, 0.29) is 17.6 Å². The maximum atomic E-state index is 15.1. The van der Waals surface area contributed by atoms with Crippen molar-refractivity contribution < 1.29 is 22.4 Å². The summed E-state index contributed by atoms with van der Waals surface area (Å²) >= 11 is 0. The summed E-state index contributed by atoms with van der Waals surface area (Å²) in [5.74, 6) is -1.97. The van der Waals surface area contributed by atoms with Gasteiger partial charge in [-0.2, -0.15) is 18.3 Å². The van der Waals surface area contributed by atoms with Crippen LogP contribution < -0.4 is 5.32 Å². The Morgan fingerprint density at radius 2 is 1.75 bits per heavy atom. The molecule has 1 unspecified atom stereocenters. The SMILES string of the molecule is CC(c1ccn2c(NC(=O)c3cc(-c4ccn(C)n4)c(C(F)(F)F)cc3F)c(-c3ccccc3)nc2c1)N(C)C. The number of alkyl halides is 3. The third-order valence-electron chi connectivity index (χ3n) is 6.83. The van der Waals surface area contributed by atoms with Crippen LogP contribution in [0.1, 0.15) is 34.5 Å². The summed E-state index contributed by atoms with van der Waals surface area (Å²) in [6.07, 6.45) is -1.64. The summed E-state index contributed by atoms with van der Waals surface area (Å²) in [7, 11) is 5.47. The van der Waals surface area contributed by atoms with Crippen LogP contribution in [0, 0.1) is 5.82 Å². The van der Waals surface area contributed by atoms with Crippen LogP contribution in [-0.4, -0.2) is 44.1 Å². The molecule has 1 atom stereocenters. The van der Waals surface area contributed by atoms with Crippen LogP contribution in [-0.2, 0) is 13.2 Å². The van der Waals surface area contributed by atoms with Gasteiger partial charge in [-0.05, 0) is 56.9 Å². The minimum atomic E-state index is -4.85. The zero-order valence-electron chi connectivity index (χ0n) is 22.2. The van der Waals surface area contributed by atoms with Gasteiger partial charge in [0.1, 0.15) is 23.0 Å². The fourth-order valence-electron chi connectivity index (χ4n) is 4.46. The smallest absolute Gasteiger partial charge is 0.306 e. The molecule has 0 aliphatic carbocycles. The summed E-state index contributed by atoms with van der Waals surface area (Å²) in [5.41, 5.74) is 0.459. The Kier molecular flexibility index (Phi) is 6.92. The fourth-order valence-corrected chi connectivity index (χ4v) is 4.46. The second kappa shape index (κ2) is 10.2. The fraction of sp³-hybridized carbons (Fsp3) is 0.207. The van der Waals surface area contributed by atoms with Crippen LogP contribution >= 0.6 is 0 Å². The quantitative estimate of drug-likeness (QED) is 0.247. The number of aryl methyl sites for hydroxylation is 1. The average Bonchev–Trinajstić information content (AvgIpc) is 3.51. The van der Waals surface area contributed by atoms with Gasteiger partial charge in [0.15, 0.2) is 0 Å². The van der Waals surface area contributed by atoms with Gasteiger partial charge in [-0.25, -0.2) is 9.37 Å². The lowest BCUT2D eigenvalue weighted by Crippen LogP contribution is -2.18. The molecule has 11 heteroatoms. The van der Waals surface area contributed by atoms with Crippen molar-refractivity contribution in [3.63, 3.8) is 0 Å². The highest BCUT2D eigenvalue weighted by atomic mass is 19.4. The number of hydrogen-bond donors (Lipinski definition) is 1. The van der Waals surface area contributed by atoms with E-state index in [1.807, 2.05) is 68.4 Å². The number of hydrogen-bond acceptors (Lipinski definition) is 4. The summed E-state index contributed by atoms with van der Waals surface area (Å²) in [6.45, 7) is 2.04. The number of fused-ring (bicyclic) bond motifs is 1. The summed E-state index contributed by atoms with van der Waals surface area (Å²) < 4.78 is 59.5. The van der Waals surface area contributed by atoms with Crippen LogP contribution in [0.5, 0.6) is 0 Å². The van der Waals surface area contributed by atoms with Gasteiger partial charge in [0, 0.05) is 36.6 Å². The number of halogens is 4. The van der Waals surface area contributed by atoms with E-state index in [4.69, 9.17) is 4.98 Å². The van der Waals surface area contributed by atoms with Crippen molar-refractivity contribution in [3.8, 4) is 22.5 Å². The Morgan fingerprint density at radius 1 is 1.02 bits per heavy atom. The molecule has 0 radical (unpaired) electrons. The van der Waals surface area contributed by atoms with E-state index >= 15 is 4.39 Å². The third kappa shape index (κ3) is 5.07. The molecule has 7 nitrogen and oxygen atoms in total. The second-order valence-corrected chi connectivity index (χ2v) is 9.71. The molecule has 1 N–H and O–H groups in total. The average molecular weight is 551 g/mol. The molecule has 0 saturated heterocycles. The Labute approximate surface area is 227 Å². The molecule has 5 aromatic rings. The molecule has 3 aromatic heterocycles. The Bertz CT molecular complexity index is 1710. The Hall–Kier alpha value is -4.51. The normalized spacial score (nSPS) is 12.7. The van der Waals surface area contributed by atoms with Crippen LogP contribution in [0.15, 0.2) is 73.1 Å². The molecule has 0 aliphatic heterocycles. The molecule has 5 rings (SSSR count). The van der Waals surface area contributed by atoms with Gasteiger partial charge < -0.3 is 10.2 Å². The van der Waals surface area contributed by atoms with E-state index in [0.29, 0.717) is 23.0 Å². The van der Waals surface area contributed by atoms with Crippen LogP contribution in [0.3, 0.4) is 0 Å². The Morgan fingerprint density at radius 3 is 2.38 bits per heavy atom. The number of aromatic nitrogens is 4. The van der Waals surface area contributed by atoms with Gasteiger partial charge in [-0.1, -0.05) is 30.3 Å². The molecule has 0 saturated carbocycles. The topological polar surface area (TPSA) is 67.5 Å². The molecule has 206 valence electrons. The summed E-state index contributed by atoms with van der Waals surface area (Å²) in [6, 6.07) is 15.6. The Balaban J connectivity index is 1.62. The molecule has 0 fully saturated rings.